The smallest absolute Gasteiger partial charge is 0.0201 e. The third-order valence-corrected chi connectivity index (χ3v) is 2.48. The monoisotopic (exact) mass is 197 g/mol. The van der Waals surface area contributed by atoms with Crippen LogP contribution in [-0.4, -0.2) is 6.04 Å². The maximum Gasteiger partial charge on any atom is 0.0201 e. The summed E-state index contributed by atoms with van der Waals surface area (Å²) in [7, 11) is 0. The van der Waals surface area contributed by atoms with Crippen molar-refractivity contribution in [2.45, 2.75) is 65.8 Å². The van der Waals surface area contributed by atoms with Crippen molar-refractivity contribution in [2.75, 3.05) is 0 Å². The standard InChI is InChI=1S/C13H27N/c1-6-7-8-12(4)9-10-13(5)14-11(2)3/h11-12,14H,5-10H2,1-4H3. The van der Waals surface area contributed by atoms with E-state index in [0.29, 0.717) is 6.04 Å². The van der Waals surface area contributed by atoms with Gasteiger partial charge in [-0.15, -0.1) is 0 Å². The third-order valence-electron chi connectivity index (χ3n) is 2.48. The van der Waals surface area contributed by atoms with E-state index in [4.69, 9.17) is 0 Å². The SMILES string of the molecule is C=C(CCC(C)CCCC)NC(C)C. The number of hydrogen-bond donors (Lipinski definition) is 1. The van der Waals surface area contributed by atoms with Crippen LogP contribution in [0.25, 0.3) is 0 Å². The lowest BCUT2D eigenvalue weighted by Crippen LogP contribution is -2.21. The molecule has 0 bridgehead atoms. The minimum Gasteiger partial charge on any atom is -0.387 e. The highest BCUT2D eigenvalue weighted by Gasteiger charge is 2.03. The predicted octanol–water partition coefficient (Wildman–Crippen LogP) is 4.10. The summed E-state index contributed by atoms with van der Waals surface area (Å²) in [5.41, 5.74) is 1.20. The topological polar surface area (TPSA) is 12.0 Å². The summed E-state index contributed by atoms with van der Waals surface area (Å²) in [6.45, 7) is 13.0. The van der Waals surface area contributed by atoms with Crippen molar-refractivity contribution in [2.24, 2.45) is 5.92 Å². The van der Waals surface area contributed by atoms with E-state index in [1.165, 1.54) is 31.4 Å². The van der Waals surface area contributed by atoms with Gasteiger partial charge in [-0.1, -0.05) is 39.7 Å². The zero-order chi connectivity index (χ0) is 11.0. The maximum atomic E-state index is 4.04. The lowest BCUT2D eigenvalue weighted by molar-refractivity contribution is 0.462. The Morgan fingerprint density at radius 1 is 1.21 bits per heavy atom. The average molecular weight is 197 g/mol. The Hall–Kier alpha value is -0.460. The molecule has 0 aliphatic rings. The first-order chi connectivity index (χ1) is 6.56. The fourth-order valence-electron chi connectivity index (χ4n) is 1.60. The van der Waals surface area contributed by atoms with Crippen LogP contribution in [0.4, 0.5) is 0 Å². The molecule has 0 aromatic carbocycles. The van der Waals surface area contributed by atoms with Gasteiger partial charge < -0.3 is 5.32 Å². The first-order valence-electron chi connectivity index (χ1n) is 6.00. The molecular weight excluding hydrogens is 170 g/mol. The molecule has 0 radical (unpaired) electrons. The van der Waals surface area contributed by atoms with Crippen LogP contribution in [0, 0.1) is 5.92 Å². The van der Waals surface area contributed by atoms with Gasteiger partial charge in [-0.2, -0.15) is 0 Å². The molecule has 14 heavy (non-hydrogen) atoms. The van der Waals surface area contributed by atoms with Crippen molar-refractivity contribution >= 4 is 0 Å². The molecule has 0 rings (SSSR count). The van der Waals surface area contributed by atoms with Crippen molar-refractivity contribution in [3.63, 3.8) is 0 Å². The number of rotatable bonds is 8. The van der Waals surface area contributed by atoms with Gasteiger partial charge in [0.2, 0.25) is 0 Å². The van der Waals surface area contributed by atoms with Crippen LogP contribution in [0.1, 0.15) is 59.8 Å². The van der Waals surface area contributed by atoms with Crippen LogP contribution < -0.4 is 5.32 Å². The van der Waals surface area contributed by atoms with E-state index in [1.807, 2.05) is 0 Å². The van der Waals surface area contributed by atoms with Gasteiger partial charge in [0, 0.05) is 11.7 Å². The Kier molecular flexibility index (Phi) is 7.64. The van der Waals surface area contributed by atoms with E-state index in [9.17, 15) is 0 Å². The van der Waals surface area contributed by atoms with Gasteiger partial charge in [0.15, 0.2) is 0 Å². The molecule has 0 saturated carbocycles. The summed E-state index contributed by atoms with van der Waals surface area (Å²) >= 11 is 0. The molecule has 1 heteroatoms. The number of allylic oxidation sites excluding steroid dienone is 1. The second-order valence-electron chi connectivity index (χ2n) is 4.69. The second kappa shape index (κ2) is 7.90. The quantitative estimate of drug-likeness (QED) is 0.617. The summed E-state index contributed by atoms with van der Waals surface area (Å²) in [5.74, 6) is 0.848. The van der Waals surface area contributed by atoms with E-state index in [0.717, 1.165) is 12.3 Å². The molecule has 0 fully saturated rings. The minimum absolute atomic E-state index is 0.522. The van der Waals surface area contributed by atoms with Gasteiger partial charge in [0.05, 0.1) is 0 Å². The van der Waals surface area contributed by atoms with Gasteiger partial charge in [0.1, 0.15) is 0 Å². The molecule has 0 aromatic heterocycles. The van der Waals surface area contributed by atoms with Crippen LogP contribution >= 0.6 is 0 Å². The van der Waals surface area contributed by atoms with Crippen molar-refractivity contribution in [1.82, 2.24) is 5.32 Å². The number of nitrogens with one attached hydrogen (secondary N) is 1. The Bertz CT molecular complexity index is 149. The Morgan fingerprint density at radius 3 is 2.36 bits per heavy atom. The highest BCUT2D eigenvalue weighted by molar-refractivity contribution is 4.92. The highest BCUT2D eigenvalue weighted by Crippen LogP contribution is 2.15. The minimum atomic E-state index is 0.522. The summed E-state index contributed by atoms with van der Waals surface area (Å²) in [6.07, 6.45) is 6.45. The molecule has 0 aromatic rings. The third kappa shape index (κ3) is 8.15. The molecule has 84 valence electrons. The summed E-state index contributed by atoms with van der Waals surface area (Å²) in [5, 5.41) is 3.36. The Balaban J connectivity index is 3.45. The zero-order valence-corrected chi connectivity index (χ0v) is 10.4. The van der Waals surface area contributed by atoms with E-state index < -0.39 is 0 Å². The second-order valence-corrected chi connectivity index (χ2v) is 4.69. The van der Waals surface area contributed by atoms with Gasteiger partial charge >= 0.3 is 0 Å². The molecule has 1 nitrogen and oxygen atoms in total. The molecule has 0 aliphatic carbocycles. The van der Waals surface area contributed by atoms with Gasteiger partial charge in [-0.3, -0.25) is 0 Å². The van der Waals surface area contributed by atoms with Crippen LogP contribution in [0.2, 0.25) is 0 Å². The van der Waals surface area contributed by atoms with Crippen molar-refractivity contribution in [3.05, 3.63) is 12.3 Å². The lowest BCUT2D eigenvalue weighted by atomic mass is 9.98. The van der Waals surface area contributed by atoms with E-state index >= 15 is 0 Å². The molecular formula is C13H27N. The zero-order valence-electron chi connectivity index (χ0n) is 10.4. The van der Waals surface area contributed by atoms with Gasteiger partial charge in [0.25, 0.3) is 0 Å². The van der Waals surface area contributed by atoms with Crippen LogP contribution in [0.3, 0.4) is 0 Å². The molecule has 0 amide bonds. The van der Waals surface area contributed by atoms with Gasteiger partial charge in [-0.25, -0.2) is 0 Å². The van der Waals surface area contributed by atoms with Crippen LogP contribution in [0.15, 0.2) is 12.3 Å². The van der Waals surface area contributed by atoms with Crippen molar-refractivity contribution < 1.29 is 0 Å². The fraction of sp³-hybridized carbons (Fsp3) is 0.846. The van der Waals surface area contributed by atoms with Crippen molar-refractivity contribution in [3.8, 4) is 0 Å². The van der Waals surface area contributed by atoms with E-state index in [1.54, 1.807) is 0 Å². The Morgan fingerprint density at radius 2 is 1.86 bits per heavy atom. The molecule has 0 heterocycles. The number of hydrogen-bond acceptors (Lipinski definition) is 1. The summed E-state index contributed by atoms with van der Waals surface area (Å²) in [6, 6.07) is 0.522. The predicted molar refractivity (Wildman–Crippen MR) is 65.3 cm³/mol. The molecule has 1 unspecified atom stereocenters. The normalized spacial score (nSPS) is 12.9. The number of unbranched alkanes of at least 4 members (excludes halogenated alkanes) is 1. The van der Waals surface area contributed by atoms with Crippen LogP contribution in [-0.2, 0) is 0 Å². The largest absolute Gasteiger partial charge is 0.387 e. The molecule has 1 N–H and O–H groups in total. The maximum absolute atomic E-state index is 4.04. The lowest BCUT2D eigenvalue weighted by Gasteiger charge is -2.15. The summed E-state index contributed by atoms with van der Waals surface area (Å²) in [4.78, 5) is 0. The fourth-order valence-corrected chi connectivity index (χ4v) is 1.60. The molecule has 0 aliphatic heterocycles. The first kappa shape index (κ1) is 13.5. The average Bonchev–Trinajstić information content (AvgIpc) is 2.10. The van der Waals surface area contributed by atoms with Crippen molar-refractivity contribution in [1.29, 1.82) is 0 Å². The Labute approximate surface area is 90.0 Å². The van der Waals surface area contributed by atoms with E-state index in [-0.39, 0.29) is 0 Å². The first-order valence-corrected chi connectivity index (χ1v) is 6.00. The highest BCUT2D eigenvalue weighted by atomic mass is 14.9. The van der Waals surface area contributed by atoms with Crippen LogP contribution in [0.5, 0.6) is 0 Å². The van der Waals surface area contributed by atoms with Gasteiger partial charge in [-0.05, 0) is 32.6 Å². The summed E-state index contributed by atoms with van der Waals surface area (Å²) < 4.78 is 0. The molecule has 1 atom stereocenters. The molecule has 0 saturated heterocycles. The molecule has 0 spiro atoms. The van der Waals surface area contributed by atoms with E-state index in [2.05, 4.69) is 39.6 Å².